The van der Waals surface area contributed by atoms with Gasteiger partial charge in [-0.2, -0.15) is 0 Å². The molecule has 1 spiro atoms. The Bertz CT molecular complexity index is 576. The molecule has 4 rings (SSSR count). The molecule has 5 nitrogen and oxygen atoms in total. The van der Waals surface area contributed by atoms with Gasteiger partial charge in [-0.3, -0.25) is 14.7 Å². The number of hydrogen-bond donors (Lipinski definition) is 1. The van der Waals surface area contributed by atoms with Gasteiger partial charge in [0.15, 0.2) is 0 Å². The van der Waals surface area contributed by atoms with Crippen molar-refractivity contribution >= 4 is 5.91 Å². The Labute approximate surface area is 144 Å². The molecular formula is C19H28N4O. The largest absolute Gasteiger partial charge is 0.340 e. The first-order chi connectivity index (χ1) is 11.7. The van der Waals surface area contributed by atoms with Crippen LogP contribution >= 0.6 is 0 Å². The minimum absolute atomic E-state index is 0.307. The van der Waals surface area contributed by atoms with Crippen LogP contribution in [0.1, 0.15) is 37.8 Å². The zero-order valence-corrected chi connectivity index (χ0v) is 14.6. The molecule has 1 saturated carbocycles. The van der Waals surface area contributed by atoms with Crippen molar-refractivity contribution in [3.05, 3.63) is 30.1 Å². The summed E-state index contributed by atoms with van der Waals surface area (Å²) < 4.78 is 0. The maximum absolute atomic E-state index is 12.9. The van der Waals surface area contributed by atoms with Crippen molar-refractivity contribution in [3.63, 3.8) is 0 Å². The Morgan fingerprint density at radius 3 is 2.71 bits per heavy atom. The fraction of sp³-hybridized carbons (Fsp3) is 0.684. The molecule has 24 heavy (non-hydrogen) atoms. The summed E-state index contributed by atoms with van der Waals surface area (Å²) in [5.74, 6) is 0.729. The van der Waals surface area contributed by atoms with E-state index in [1.807, 2.05) is 18.5 Å². The average molecular weight is 328 g/mol. The van der Waals surface area contributed by atoms with E-state index in [0.29, 0.717) is 23.3 Å². The SMILES string of the molecule is CC(c1cccnc1)N1CCN(C(=O)C2CC23CCNCC3)CC1. The number of amides is 1. The molecule has 1 aliphatic carbocycles. The van der Waals surface area contributed by atoms with Crippen LogP contribution in [-0.4, -0.2) is 60.0 Å². The van der Waals surface area contributed by atoms with Gasteiger partial charge in [-0.25, -0.2) is 0 Å². The minimum atomic E-state index is 0.307. The Kier molecular flexibility index (Phi) is 4.31. The highest BCUT2D eigenvalue weighted by molar-refractivity contribution is 5.83. The summed E-state index contributed by atoms with van der Waals surface area (Å²) in [6.45, 7) is 8.06. The highest BCUT2D eigenvalue weighted by atomic mass is 16.2. The van der Waals surface area contributed by atoms with Crippen molar-refractivity contribution in [2.24, 2.45) is 11.3 Å². The summed E-state index contributed by atoms with van der Waals surface area (Å²) in [5, 5.41) is 3.42. The summed E-state index contributed by atoms with van der Waals surface area (Å²) in [4.78, 5) is 21.7. The molecule has 1 N–H and O–H groups in total. The third kappa shape index (κ3) is 2.95. The normalized spacial score (nSPS) is 27.9. The number of pyridine rings is 1. The molecular weight excluding hydrogens is 300 g/mol. The third-order valence-electron chi connectivity index (χ3n) is 6.43. The molecule has 2 unspecified atom stereocenters. The first-order valence-electron chi connectivity index (χ1n) is 9.33. The van der Waals surface area contributed by atoms with Gasteiger partial charge in [0.2, 0.25) is 5.91 Å². The van der Waals surface area contributed by atoms with Crippen molar-refractivity contribution in [1.82, 2.24) is 20.1 Å². The number of rotatable bonds is 3. The van der Waals surface area contributed by atoms with E-state index in [-0.39, 0.29) is 0 Å². The highest BCUT2D eigenvalue weighted by Gasteiger charge is 2.58. The maximum atomic E-state index is 12.9. The highest BCUT2D eigenvalue weighted by Crippen LogP contribution is 2.59. The Morgan fingerprint density at radius 2 is 2.04 bits per heavy atom. The van der Waals surface area contributed by atoms with Crippen LogP contribution in [0.5, 0.6) is 0 Å². The smallest absolute Gasteiger partial charge is 0.226 e. The Morgan fingerprint density at radius 1 is 1.29 bits per heavy atom. The van der Waals surface area contributed by atoms with Crippen LogP contribution in [0.15, 0.2) is 24.5 Å². The number of carbonyl (C=O) groups is 1. The second kappa shape index (κ2) is 6.45. The maximum Gasteiger partial charge on any atom is 0.226 e. The summed E-state index contributed by atoms with van der Waals surface area (Å²) in [6.07, 6.45) is 7.26. The van der Waals surface area contributed by atoms with Crippen LogP contribution in [0.4, 0.5) is 0 Å². The lowest BCUT2D eigenvalue weighted by Gasteiger charge is -2.38. The first-order valence-corrected chi connectivity index (χ1v) is 9.33. The average Bonchev–Trinajstić information content (AvgIpc) is 3.34. The van der Waals surface area contributed by atoms with Crippen LogP contribution in [0, 0.1) is 11.3 Å². The van der Waals surface area contributed by atoms with Gasteiger partial charge in [0.25, 0.3) is 0 Å². The van der Waals surface area contributed by atoms with Gasteiger partial charge < -0.3 is 10.2 Å². The lowest BCUT2D eigenvalue weighted by Crippen LogP contribution is -2.50. The van der Waals surface area contributed by atoms with Crippen LogP contribution in [0.3, 0.4) is 0 Å². The third-order valence-corrected chi connectivity index (χ3v) is 6.43. The number of piperidine rings is 1. The molecule has 0 aromatic carbocycles. The van der Waals surface area contributed by atoms with E-state index in [0.717, 1.165) is 45.7 Å². The van der Waals surface area contributed by atoms with Gasteiger partial charge in [0.1, 0.15) is 0 Å². The number of hydrogen-bond acceptors (Lipinski definition) is 4. The van der Waals surface area contributed by atoms with Crippen LogP contribution in [0.2, 0.25) is 0 Å². The fourth-order valence-corrected chi connectivity index (χ4v) is 4.56. The molecule has 2 saturated heterocycles. The van der Waals surface area contributed by atoms with Crippen LogP contribution in [0.25, 0.3) is 0 Å². The summed E-state index contributed by atoms with van der Waals surface area (Å²) in [7, 11) is 0. The van der Waals surface area contributed by atoms with Crippen molar-refractivity contribution in [2.45, 2.75) is 32.2 Å². The van der Waals surface area contributed by atoms with Gasteiger partial charge in [0, 0.05) is 50.5 Å². The van der Waals surface area contributed by atoms with E-state index in [1.165, 1.54) is 18.4 Å². The fourth-order valence-electron chi connectivity index (χ4n) is 4.56. The van der Waals surface area contributed by atoms with Crippen molar-refractivity contribution in [3.8, 4) is 0 Å². The quantitative estimate of drug-likeness (QED) is 0.917. The lowest BCUT2D eigenvalue weighted by atomic mass is 9.91. The molecule has 130 valence electrons. The van der Waals surface area contributed by atoms with E-state index in [1.54, 1.807) is 0 Å². The molecule has 5 heteroatoms. The number of nitrogens with one attached hydrogen (secondary N) is 1. The van der Waals surface area contributed by atoms with Crippen LogP contribution in [-0.2, 0) is 4.79 Å². The molecule has 3 aliphatic rings. The summed E-state index contributed by atoms with van der Waals surface area (Å²) >= 11 is 0. The van der Waals surface area contributed by atoms with E-state index < -0.39 is 0 Å². The van der Waals surface area contributed by atoms with Gasteiger partial charge in [-0.05, 0) is 56.3 Å². The Balaban J connectivity index is 1.31. The Hall–Kier alpha value is -1.46. The van der Waals surface area contributed by atoms with E-state index >= 15 is 0 Å². The predicted molar refractivity (Wildman–Crippen MR) is 93.4 cm³/mol. The van der Waals surface area contributed by atoms with Crippen molar-refractivity contribution in [1.29, 1.82) is 0 Å². The van der Waals surface area contributed by atoms with Crippen molar-refractivity contribution < 1.29 is 4.79 Å². The molecule has 1 aromatic rings. The number of carbonyl (C=O) groups excluding carboxylic acids is 1. The standard InChI is InChI=1S/C19H28N4O/c1-15(16-3-2-6-21-14-16)22-9-11-23(12-10-22)18(24)17-13-19(17)4-7-20-8-5-19/h2-3,6,14-15,17,20H,4-5,7-13H2,1H3. The molecule has 3 fully saturated rings. The predicted octanol–water partition coefficient (Wildman–Crippen LogP) is 1.68. The van der Waals surface area contributed by atoms with E-state index in [9.17, 15) is 4.79 Å². The molecule has 1 aromatic heterocycles. The van der Waals surface area contributed by atoms with Crippen molar-refractivity contribution in [2.75, 3.05) is 39.3 Å². The molecule has 3 heterocycles. The molecule has 0 radical (unpaired) electrons. The summed E-state index contributed by atoms with van der Waals surface area (Å²) in [5.41, 5.74) is 1.61. The van der Waals surface area contributed by atoms with Gasteiger partial charge in [-0.15, -0.1) is 0 Å². The first kappa shape index (κ1) is 16.0. The lowest BCUT2D eigenvalue weighted by molar-refractivity contribution is -0.135. The van der Waals surface area contributed by atoms with E-state index in [2.05, 4.69) is 33.1 Å². The van der Waals surface area contributed by atoms with Crippen LogP contribution < -0.4 is 5.32 Å². The van der Waals surface area contributed by atoms with Gasteiger partial charge in [-0.1, -0.05) is 6.07 Å². The molecule has 0 bridgehead atoms. The number of nitrogens with zero attached hydrogens (tertiary/aromatic N) is 3. The topological polar surface area (TPSA) is 48.5 Å². The second-order valence-electron chi connectivity index (χ2n) is 7.69. The molecule has 2 aliphatic heterocycles. The zero-order valence-electron chi connectivity index (χ0n) is 14.6. The van der Waals surface area contributed by atoms with E-state index in [4.69, 9.17) is 0 Å². The number of aromatic nitrogens is 1. The molecule has 1 amide bonds. The zero-order chi connectivity index (χ0) is 16.6. The number of piperazine rings is 1. The van der Waals surface area contributed by atoms with Gasteiger partial charge in [0.05, 0.1) is 0 Å². The minimum Gasteiger partial charge on any atom is -0.340 e. The summed E-state index contributed by atoms with van der Waals surface area (Å²) in [6, 6.07) is 4.50. The van der Waals surface area contributed by atoms with Gasteiger partial charge >= 0.3 is 0 Å². The second-order valence-corrected chi connectivity index (χ2v) is 7.69. The monoisotopic (exact) mass is 328 g/mol. The molecule has 2 atom stereocenters.